The van der Waals surface area contributed by atoms with Crippen molar-refractivity contribution in [1.29, 1.82) is 0 Å². The molecular weight excluding hydrogens is 226 g/mol. The minimum Gasteiger partial charge on any atom is -0.387 e. The van der Waals surface area contributed by atoms with E-state index >= 15 is 0 Å². The summed E-state index contributed by atoms with van der Waals surface area (Å²) in [4.78, 5) is 3.91. The predicted molar refractivity (Wildman–Crippen MR) is 62.9 cm³/mol. The van der Waals surface area contributed by atoms with Gasteiger partial charge in [0.2, 0.25) is 0 Å². The summed E-state index contributed by atoms with van der Waals surface area (Å²) in [5, 5.41) is 10.1. The molecule has 0 amide bonds. The average Bonchev–Trinajstić information content (AvgIpc) is 2.15. The van der Waals surface area contributed by atoms with Crippen LogP contribution in [0.3, 0.4) is 0 Å². The topological polar surface area (TPSA) is 67.3 Å². The number of sulfone groups is 1. The van der Waals surface area contributed by atoms with Gasteiger partial charge in [-0.3, -0.25) is 4.98 Å². The van der Waals surface area contributed by atoms with E-state index in [4.69, 9.17) is 0 Å². The van der Waals surface area contributed by atoms with E-state index in [2.05, 4.69) is 4.98 Å². The maximum atomic E-state index is 11.6. The van der Waals surface area contributed by atoms with Crippen molar-refractivity contribution < 1.29 is 13.5 Å². The van der Waals surface area contributed by atoms with Gasteiger partial charge in [-0.25, -0.2) is 8.42 Å². The van der Waals surface area contributed by atoms with Crippen LogP contribution in [0.15, 0.2) is 18.5 Å². The summed E-state index contributed by atoms with van der Waals surface area (Å²) < 4.78 is 22.0. The molecule has 0 saturated heterocycles. The zero-order chi connectivity index (χ0) is 12.6. The number of hydrogen-bond acceptors (Lipinski definition) is 4. The molecule has 0 aliphatic heterocycles. The Morgan fingerprint density at radius 1 is 1.44 bits per heavy atom. The fraction of sp³-hybridized carbons (Fsp3) is 0.545. The van der Waals surface area contributed by atoms with Crippen LogP contribution < -0.4 is 0 Å². The van der Waals surface area contributed by atoms with Crippen LogP contribution in [-0.2, 0) is 9.84 Å². The van der Waals surface area contributed by atoms with Gasteiger partial charge in [-0.2, -0.15) is 0 Å². The van der Waals surface area contributed by atoms with Gasteiger partial charge in [0, 0.05) is 24.2 Å². The maximum Gasteiger partial charge on any atom is 0.155 e. The first-order valence-electron chi connectivity index (χ1n) is 4.96. The summed E-state index contributed by atoms with van der Waals surface area (Å²) in [5.41, 5.74) is 1.39. The molecule has 0 bridgehead atoms. The van der Waals surface area contributed by atoms with E-state index in [9.17, 15) is 13.5 Å². The molecule has 0 radical (unpaired) electrons. The van der Waals surface area contributed by atoms with Crippen LogP contribution in [-0.4, -0.2) is 29.5 Å². The van der Waals surface area contributed by atoms with E-state index in [-0.39, 0.29) is 0 Å². The van der Waals surface area contributed by atoms with Gasteiger partial charge in [-0.05, 0) is 32.4 Å². The van der Waals surface area contributed by atoms with Gasteiger partial charge in [0.1, 0.15) is 0 Å². The first-order chi connectivity index (χ1) is 7.18. The predicted octanol–water partition coefficient (Wildman–Crippen LogP) is 1.25. The Morgan fingerprint density at radius 3 is 2.44 bits per heavy atom. The molecule has 16 heavy (non-hydrogen) atoms. The summed E-state index contributed by atoms with van der Waals surface area (Å²) >= 11 is 0. The molecule has 1 unspecified atom stereocenters. The van der Waals surface area contributed by atoms with Gasteiger partial charge >= 0.3 is 0 Å². The zero-order valence-corrected chi connectivity index (χ0v) is 10.7. The molecule has 0 aliphatic carbocycles. The highest BCUT2D eigenvalue weighted by Crippen LogP contribution is 2.32. The first kappa shape index (κ1) is 13.1. The van der Waals surface area contributed by atoms with Crippen molar-refractivity contribution in [3.63, 3.8) is 0 Å². The van der Waals surface area contributed by atoms with Crippen LogP contribution >= 0.6 is 0 Å². The molecule has 0 fully saturated rings. The molecule has 0 saturated carbocycles. The summed E-state index contributed by atoms with van der Waals surface area (Å²) in [6.45, 7) is 4.84. The third-order valence-electron chi connectivity index (χ3n) is 2.99. The van der Waals surface area contributed by atoms with Gasteiger partial charge in [0.25, 0.3) is 0 Å². The molecule has 1 N–H and O–H groups in total. The second-order valence-electron chi connectivity index (χ2n) is 4.51. The molecule has 0 aromatic carbocycles. The maximum absolute atomic E-state index is 11.6. The van der Waals surface area contributed by atoms with Crippen LogP contribution in [0.5, 0.6) is 0 Å². The van der Waals surface area contributed by atoms with E-state index in [0.717, 1.165) is 11.8 Å². The molecular formula is C11H17NO3S. The molecule has 1 atom stereocenters. The van der Waals surface area contributed by atoms with Crippen LogP contribution in [0.25, 0.3) is 0 Å². The molecule has 90 valence electrons. The summed E-state index contributed by atoms with van der Waals surface area (Å²) in [7, 11) is -3.34. The standard InChI is InChI=1S/C11H17NO3S/c1-8-5-6-12-7-9(8)10(13)11(2,3)16(4,14)15/h5-7,10,13H,1-4H3. The van der Waals surface area contributed by atoms with Crippen molar-refractivity contribution in [2.24, 2.45) is 0 Å². The quantitative estimate of drug-likeness (QED) is 0.867. The lowest BCUT2D eigenvalue weighted by molar-refractivity contribution is 0.138. The molecule has 5 heteroatoms. The van der Waals surface area contributed by atoms with Crippen molar-refractivity contribution >= 4 is 9.84 Å². The molecule has 1 aromatic heterocycles. The highest BCUT2D eigenvalue weighted by molar-refractivity contribution is 7.92. The Bertz CT molecular complexity index is 480. The summed E-state index contributed by atoms with van der Waals surface area (Å²) in [6.07, 6.45) is 3.17. The van der Waals surface area contributed by atoms with Crippen molar-refractivity contribution in [1.82, 2.24) is 4.98 Å². The van der Waals surface area contributed by atoms with Crippen LogP contribution in [0.1, 0.15) is 31.1 Å². The fourth-order valence-electron chi connectivity index (χ4n) is 1.34. The van der Waals surface area contributed by atoms with E-state index in [1.807, 2.05) is 6.92 Å². The van der Waals surface area contributed by atoms with E-state index < -0.39 is 20.7 Å². The van der Waals surface area contributed by atoms with E-state index in [0.29, 0.717) is 5.56 Å². The third kappa shape index (κ3) is 2.25. The number of rotatable bonds is 3. The molecule has 0 aliphatic rings. The molecule has 1 aromatic rings. The molecule has 1 heterocycles. The van der Waals surface area contributed by atoms with E-state index in [1.54, 1.807) is 12.3 Å². The van der Waals surface area contributed by atoms with Crippen molar-refractivity contribution in [3.05, 3.63) is 29.6 Å². The number of hydrogen-bond donors (Lipinski definition) is 1. The highest BCUT2D eigenvalue weighted by atomic mass is 32.2. The lowest BCUT2D eigenvalue weighted by atomic mass is 9.96. The van der Waals surface area contributed by atoms with Crippen LogP contribution in [0.4, 0.5) is 0 Å². The summed E-state index contributed by atoms with van der Waals surface area (Å²) in [6, 6.07) is 1.75. The highest BCUT2D eigenvalue weighted by Gasteiger charge is 2.39. The molecule has 0 spiro atoms. The Balaban J connectivity index is 3.23. The Hall–Kier alpha value is -0.940. The lowest BCUT2D eigenvalue weighted by Gasteiger charge is -2.29. The fourth-order valence-corrected chi connectivity index (χ4v) is 1.87. The first-order valence-corrected chi connectivity index (χ1v) is 6.85. The number of aromatic nitrogens is 1. The largest absolute Gasteiger partial charge is 0.387 e. The molecule has 4 nitrogen and oxygen atoms in total. The minimum absolute atomic E-state index is 0.554. The normalized spacial score (nSPS) is 14.8. The van der Waals surface area contributed by atoms with Gasteiger partial charge in [0.15, 0.2) is 9.84 Å². The third-order valence-corrected chi connectivity index (χ3v) is 5.12. The lowest BCUT2D eigenvalue weighted by Crippen LogP contribution is -2.38. The second-order valence-corrected chi connectivity index (χ2v) is 7.11. The zero-order valence-electron chi connectivity index (χ0n) is 9.93. The van der Waals surface area contributed by atoms with Gasteiger partial charge < -0.3 is 5.11 Å². The smallest absolute Gasteiger partial charge is 0.155 e. The molecule has 1 rings (SSSR count). The number of aryl methyl sites for hydroxylation is 1. The number of aliphatic hydroxyl groups excluding tert-OH is 1. The Labute approximate surface area is 96.3 Å². The summed E-state index contributed by atoms with van der Waals surface area (Å²) in [5.74, 6) is 0. The average molecular weight is 243 g/mol. The Kier molecular flexibility index (Phi) is 3.40. The van der Waals surface area contributed by atoms with Crippen LogP contribution in [0, 0.1) is 6.92 Å². The van der Waals surface area contributed by atoms with Crippen molar-refractivity contribution in [3.8, 4) is 0 Å². The monoisotopic (exact) mass is 243 g/mol. The van der Waals surface area contributed by atoms with Crippen molar-refractivity contribution in [2.75, 3.05) is 6.26 Å². The Morgan fingerprint density at radius 2 is 2.00 bits per heavy atom. The minimum atomic E-state index is -3.34. The second kappa shape index (κ2) is 4.14. The number of nitrogens with zero attached hydrogens (tertiary/aromatic N) is 1. The van der Waals surface area contributed by atoms with Gasteiger partial charge in [0.05, 0.1) is 10.9 Å². The van der Waals surface area contributed by atoms with Crippen LogP contribution in [0.2, 0.25) is 0 Å². The number of pyridine rings is 1. The SMILES string of the molecule is Cc1ccncc1C(O)C(C)(C)S(C)(=O)=O. The van der Waals surface area contributed by atoms with Gasteiger partial charge in [-0.15, -0.1) is 0 Å². The van der Waals surface area contributed by atoms with E-state index in [1.165, 1.54) is 20.0 Å². The number of aliphatic hydroxyl groups is 1. The van der Waals surface area contributed by atoms with Crippen molar-refractivity contribution in [2.45, 2.75) is 31.6 Å². The van der Waals surface area contributed by atoms with Gasteiger partial charge in [-0.1, -0.05) is 0 Å².